The number of carbonyl (C=O) groups is 2. The third-order valence-corrected chi connectivity index (χ3v) is 6.16. The van der Waals surface area contributed by atoms with E-state index in [2.05, 4.69) is 5.32 Å². The maximum atomic E-state index is 13.3. The van der Waals surface area contributed by atoms with Gasteiger partial charge < -0.3 is 15.3 Å². The highest BCUT2D eigenvalue weighted by Crippen LogP contribution is 2.27. The first kappa shape index (κ1) is 22.6. The van der Waals surface area contributed by atoms with Crippen LogP contribution in [0.15, 0.2) is 90.0 Å². The van der Waals surface area contributed by atoms with E-state index in [4.69, 9.17) is 11.6 Å². The number of nitrogens with zero attached hydrogens (tertiary/aromatic N) is 1. The van der Waals surface area contributed by atoms with E-state index in [0.717, 1.165) is 22.3 Å². The van der Waals surface area contributed by atoms with Crippen molar-refractivity contribution in [2.45, 2.75) is 18.9 Å². The van der Waals surface area contributed by atoms with Gasteiger partial charge in [-0.3, -0.25) is 9.59 Å². The Hall–Kier alpha value is -3.57. The van der Waals surface area contributed by atoms with Gasteiger partial charge >= 0.3 is 0 Å². The van der Waals surface area contributed by atoms with Crippen LogP contribution in [0.4, 0.5) is 0 Å². The average Bonchev–Trinajstić information content (AvgIpc) is 3.30. The zero-order valence-corrected chi connectivity index (χ0v) is 18.8. The Kier molecular flexibility index (Phi) is 7.10. The van der Waals surface area contributed by atoms with Crippen LogP contribution in [-0.2, 0) is 11.2 Å². The Balaban J connectivity index is 1.44. The largest absolute Gasteiger partial charge is 0.508 e. The number of rotatable bonds is 6. The van der Waals surface area contributed by atoms with Crippen molar-refractivity contribution in [3.05, 3.63) is 101 Å². The van der Waals surface area contributed by atoms with Crippen molar-refractivity contribution in [1.29, 1.82) is 0 Å². The van der Waals surface area contributed by atoms with E-state index in [0.29, 0.717) is 31.5 Å². The van der Waals surface area contributed by atoms with Gasteiger partial charge in [0.05, 0.1) is 0 Å². The number of phenols is 1. The van der Waals surface area contributed by atoms with Crippen LogP contribution >= 0.6 is 11.6 Å². The molecule has 1 atom stereocenters. The van der Waals surface area contributed by atoms with Crippen LogP contribution in [0.5, 0.6) is 5.75 Å². The molecular weight excluding hydrogens is 436 g/mol. The molecule has 3 aromatic carbocycles. The van der Waals surface area contributed by atoms with Crippen molar-refractivity contribution >= 4 is 23.4 Å². The van der Waals surface area contributed by atoms with Crippen molar-refractivity contribution in [2.24, 2.45) is 0 Å². The summed E-state index contributed by atoms with van der Waals surface area (Å²) in [7, 11) is 0. The summed E-state index contributed by atoms with van der Waals surface area (Å²) < 4.78 is 0. The SMILES string of the molecule is O=C(NCCc1ccccc1O)[C@@H]1CC(=CCl)CN1C(=O)c1ccc(-c2ccccc2)cc1. The second kappa shape index (κ2) is 10.4. The van der Waals surface area contributed by atoms with Gasteiger partial charge in [0.25, 0.3) is 5.91 Å². The molecule has 4 rings (SSSR count). The zero-order valence-electron chi connectivity index (χ0n) is 18.1. The quantitative estimate of drug-likeness (QED) is 0.557. The molecule has 0 spiro atoms. The average molecular weight is 461 g/mol. The molecule has 0 bridgehead atoms. The summed E-state index contributed by atoms with van der Waals surface area (Å²) >= 11 is 5.92. The molecule has 1 fully saturated rings. The monoisotopic (exact) mass is 460 g/mol. The lowest BCUT2D eigenvalue weighted by Gasteiger charge is -2.24. The number of nitrogens with one attached hydrogen (secondary N) is 1. The first-order valence-corrected chi connectivity index (χ1v) is 11.3. The standard InChI is InChI=1S/C27H25ClN2O3/c28-17-19-16-24(26(32)29-15-14-22-8-4-5-9-25(22)31)30(18-19)27(33)23-12-10-21(11-13-23)20-6-2-1-3-7-20/h1-13,17,24,31H,14-16,18H2,(H,29,32)/t24-/m0/s1. The molecule has 33 heavy (non-hydrogen) atoms. The van der Waals surface area contributed by atoms with Gasteiger partial charge in [0.1, 0.15) is 11.8 Å². The van der Waals surface area contributed by atoms with E-state index in [1.165, 1.54) is 5.54 Å². The van der Waals surface area contributed by atoms with Gasteiger partial charge in [-0.25, -0.2) is 0 Å². The molecule has 1 heterocycles. The van der Waals surface area contributed by atoms with E-state index in [1.54, 1.807) is 29.2 Å². The first-order chi connectivity index (χ1) is 16.1. The van der Waals surface area contributed by atoms with Crippen LogP contribution in [0.1, 0.15) is 22.3 Å². The van der Waals surface area contributed by atoms with Crippen LogP contribution in [0.25, 0.3) is 11.1 Å². The lowest BCUT2D eigenvalue weighted by Crippen LogP contribution is -2.46. The lowest BCUT2D eigenvalue weighted by atomic mass is 10.0. The van der Waals surface area contributed by atoms with Crippen molar-refractivity contribution in [2.75, 3.05) is 13.1 Å². The van der Waals surface area contributed by atoms with Crippen molar-refractivity contribution < 1.29 is 14.7 Å². The highest BCUT2D eigenvalue weighted by molar-refractivity contribution is 6.25. The van der Waals surface area contributed by atoms with Crippen LogP contribution in [0.2, 0.25) is 0 Å². The maximum absolute atomic E-state index is 13.3. The molecule has 2 N–H and O–H groups in total. The summed E-state index contributed by atoms with van der Waals surface area (Å²) in [6, 6.07) is 23.8. The van der Waals surface area contributed by atoms with Gasteiger partial charge in [0.15, 0.2) is 0 Å². The third-order valence-electron chi connectivity index (χ3n) is 5.85. The molecule has 5 nitrogen and oxygen atoms in total. The smallest absolute Gasteiger partial charge is 0.254 e. The zero-order chi connectivity index (χ0) is 23.2. The number of benzene rings is 3. The molecule has 0 aliphatic carbocycles. The Morgan fingerprint density at radius 2 is 1.64 bits per heavy atom. The topological polar surface area (TPSA) is 69.6 Å². The summed E-state index contributed by atoms with van der Waals surface area (Å²) in [5.74, 6) is -0.229. The predicted octanol–water partition coefficient (Wildman–Crippen LogP) is 4.76. The molecular formula is C27H25ClN2O3. The second-order valence-corrected chi connectivity index (χ2v) is 8.25. The summed E-state index contributed by atoms with van der Waals surface area (Å²) in [4.78, 5) is 27.8. The van der Waals surface area contributed by atoms with Crippen LogP contribution < -0.4 is 5.32 Å². The molecule has 168 valence electrons. The molecule has 2 amide bonds. The highest BCUT2D eigenvalue weighted by atomic mass is 35.5. The molecule has 0 radical (unpaired) electrons. The van der Waals surface area contributed by atoms with Gasteiger partial charge in [-0.2, -0.15) is 0 Å². The third kappa shape index (κ3) is 5.26. The van der Waals surface area contributed by atoms with Gasteiger partial charge in [-0.1, -0.05) is 72.3 Å². The summed E-state index contributed by atoms with van der Waals surface area (Å²) in [6.45, 7) is 0.682. The van der Waals surface area contributed by atoms with Gasteiger partial charge in [0.2, 0.25) is 5.91 Å². The van der Waals surface area contributed by atoms with E-state index in [1.807, 2.05) is 54.6 Å². The van der Waals surface area contributed by atoms with Gasteiger partial charge in [0, 0.05) is 30.6 Å². The first-order valence-electron chi connectivity index (χ1n) is 10.9. The number of phenolic OH excluding ortho intramolecular Hbond substituents is 1. The van der Waals surface area contributed by atoms with E-state index < -0.39 is 6.04 Å². The number of amides is 2. The van der Waals surface area contributed by atoms with E-state index in [9.17, 15) is 14.7 Å². The normalized spacial score (nSPS) is 16.7. The predicted molar refractivity (Wildman–Crippen MR) is 130 cm³/mol. The van der Waals surface area contributed by atoms with Crippen molar-refractivity contribution in [3.8, 4) is 16.9 Å². The summed E-state index contributed by atoms with van der Waals surface area (Å²) in [5, 5.41) is 12.8. The molecule has 6 heteroatoms. The van der Waals surface area contributed by atoms with E-state index in [-0.39, 0.29) is 17.6 Å². The Morgan fingerprint density at radius 1 is 0.970 bits per heavy atom. The molecule has 0 saturated carbocycles. The minimum Gasteiger partial charge on any atom is -0.508 e. The molecule has 0 unspecified atom stereocenters. The summed E-state index contributed by atoms with van der Waals surface area (Å²) in [5.41, 5.74) is 5.68. The minimum absolute atomic E-state index is 0.204. The van der Waals surface area contributed by atoms with Gasteiger partial charge in [-0.05, 0) is 46.9 Å². The van der Waals surface area contributed by atoms with Crippen molar-refractivity contribution in [3.63, 3.8) is 0 Å². The number of para-hydroxylation sites is 1. The van der Waals surface area contributed by atoms with E-state index >= 15 is 0 Å². The maximum Gasteiger partial charge on any atom is 0.254 e. The molecule has 0 aromatic heterocycles. The number of carbonyl (C=O) groups excluding carboxylic acids is 2. The van der Waals surface area contributed by atoms with Crippen LogP contribution in [0, 0.1) is 0 Å². The van der Waals surface area contributed by atoms with Crippen LogP contribution in [-0.4, -0.2) is 41.0 Å². The highest BCUT2D eigenvalue weighted by Gasteiger charge is 2.36. The second-order valence-electron chi connectivity index (χ2n) is 8.03. The Bertz CT molecular complexity index is 1160. The minimum atomic E-state index is -0.624. The Labute approximate surface area is 198 Å². The molecule has 3 aromatic rings. The molecule has 1 aliphatic rings. The van der Waals surface area contributed by atoms with Gasteiger partial charge in [-0.15, -0.1) is 0 Å². The number of likely N-dealkylation sites (tertiary alicyclic amines) is 1. The number of hydrogen-bond acceptors (Lipinski definition) is 3. The number of hydrogen-bond donors (Lipinski definition) is 2. The van der Waals surface area contributed by atoms with Crippen molar-refractivity contribution in [1.82, 2.24) is 10.2 Å². The fourth-order valence-electron chi connectivity index (χ4n) is 4.04. The summed E-state index contributed by atoms with van der Waals surface area (Å²) in [6.07, 6.45) is 0.901. The van der Waals surface area contributed by atoms with Crippen LogP contribution in [0.3, 0.4) is 0 Å². The fraction of sp³-hybridized carbons (Fsp3) is 0.185. The number of aromatic hydroxyl groups is 1. The number of halogens is 1. The Morgan fingerprint density at radius 3 is 2.33 bits per heavy atom. The molecule has 1 saturated heterocycles. The fourth-order valence-corrected chi connectivity index (χ4v) is 4.20. The lowest BCUT2D eigenvalue weighted by molar-refractivity contribution is -0.124. The molecule has 1 aliphatic heterocycles.